The maximum absolute atomic E-state index is 12.3. The summed E-state index contributed by atoms with van der Waals surface area (Å²) in [4.78, 5) is 25.5. The van der Waals surface area contributed by atoms with Gasteiger partial charge in [0.25, 0.3) is 0 Å². The van der Waals surface area contributed by atoms with Crippen molar-refractivity contribution in [2.45, 2.75) is 32.6 Å². The van der Waals surface area contributed by atoms with Crippen molar-refractivity contribution in [1.29, 1.82) is 0 Å². The molecule has 1 N–H and O–H groups in total. The van der Waals surface area contributed by atoms with Crippen LogP contribution < -0.4 is 0 Å². The Balaban J connectivity index is 1.90. The monoisotopic (exact) mass is 319 g/mol. The molecule has 1 aromatic rings. The fourth-order valence-electron chi connectivity index (χ4n) is 3.07. The van der Waals surface area contributed by atoms with Gasteiger partial charge in [0.1, 0.15) is 5.41 Å². The van der Waals surface area contributed by atoms with E-state index in [0.717, 1.165) is 12.0 Å². The highest BCUT2D eigenvalue weighted by molar-refractivity contribution is 5.81. The topological polar surface area (TPSA) is 66.8 Å². The molecule has 0 aromatic heterocycles. The van der Waals surface area contributed by atoms with Crippen molar-refractivity contribution in [3.63, 3.8) is 0 Å². The zero-order valence-electron chi connectivity index (χ0n) is 13.9. The summed E-state index contributed by atoms with van der Waals surface area (Å²) in [6.07, 6.45) is 2.55. The number of carboxylic acids is 1. The van der Waals surface area contributed by atoms with Crippen molar-refractivity contribution in [3.05, 3.63) is 35.4 Å². The Kier molecular flexibility index (Phi) is 5.77. The maximum Gasteiger partial charge on any atom is 0.313 e. The van der Waals surface area contributed by atoms with E-state index in [9.17, 15) is 14.7 Å². The van der Waals surface area contributed by atoms with Crippen molar-refractivity contribution < 1.29 is 19.4 Å². The quantitative estimate of drug-likeness (QED) is 0.836. The van der Waals surface area contributed by atoms with Crippen LogP contribution in [0.25, 0.3) is 0 Å². The van der Waals surface area contributed by atoms with Crippen LogP contribution in [-0.4, -0.2) is 48.7 Å². The molecule has 0 spiro atoms. The third-order valence-electron chi connectivity index (χ3n) is 4.64. The summed E-state index contributed by atoms with van der Waals surface area (Å²) in [6.45, 7) is 2.98. The van der Waals surface area contributed by atoms with Gasteiger partial charge in [-0.1, -0.05) is 31.2 Å². The number of hydrogen-bond acceptors (Lipinski definition) is 3. The van der Waals surface area contributed by atoms with Crippen LogP contribution in [0, 0.1) is 5.41 Å². The van der Waals surface area contributed by atoms with Gasteiger partial charge in [0.2, 0.25) is 5.91 Å². The van der Waals surface area contributed by atoms with Gasteiger partial charge in [-0.05, 0) is 30.4 Å². The van der Waals surface area contributed by atoms with Crippen LogP contribution in [0.2, 0.25) is 0 Å². The standard InChI is InChI=1S/C18H25NO4/c1-3-14-4-6-15(7-5-14)8-9-16(20)19-11-10-18(12-19,13-23-2)17(21)22/h4-7H,3,8-13H2,1-2H3,(H,21,22). The molecule has 5 nitrogen and oxygen atoms in total. The van der Waals surface area contributed by atoms with E-state index < -0.39 is 11.4 Å². The molecule has 2 rings (SSSR count). The van der Waals surface area contributed by atoms with Crippen LogP contribution >= 0.6 is 0 Å². The number of likely N-dealkylation sites (tertiary alicyclic amines) is 1. The smallest absolute Gasteiger partial charge is 0.313 e. The molecule has 1 heterocycles. The summed E-state index contributed by atoms with van der Waals surface area (Å²) < 4.78 is 5.05. The van der Waals surface area contributed by atoms with E-state index in [0.29, 0.717) is 25.8 Å². The number of amides is 1. The predicted molar refractivity (Wildman–Crippen MR) is 87.3 cm³/mol. The summed E-state index contributed by atoms with van der Waals surface area (Å²) in [6, 6.07) is 8.29. The Bertz CT molecular complexity index is 555. The zero-order chi connectivity index (χ0) is 16.9. The first-order valence-electron chi connectivity index (χ1n) is 8.08. The molecule has 1 aliphatic rings. The van der Waals surface area contributed by atoms with Gasteiger partial charge in [-0.25, -0.2) is 0 Å². The van der Waals surface area contributed by atoms with Crippen molar-refractivity contribution in [3.8, 4) is 0 Å². The van der Waals surface area contributed by atoms with E-state index in [1.54, 1.807) is 4.90 Å². The Hall–Kier alpha value is -1.88. The van der Waals surface area contributed by atoms with E-state index >= 15 is 0 Å². The number of aliphatic carboxylic acids is 1. The fourth-order valence-corrected chi connectivity index (χ4v) is 3.07. The summed E-state index contributed by atoms with van der Waals surface area (Å²) in [5.74, 6) is -0.867. The van der Waals surface area contributed by atoms with Crippen LogP contribution in [0.5, 0.6) is 0 Å². The number of hydrogen-bond donors (Lipinski definition) is 1. The third-order valence-corrected chi connectivity index (χ3v) is 4.64. The number of methoxy groups -OCH3 is 1. The number of benzene rings is 1. The van der Waals surface area contributed by atoms with Gasteiger partial charge in [-0.3, -0.25) is 9.59 Å². The average molecular weight is 319 g/mol. The van der Waals surface area contributed by atoms with E-state index in [1.165, 1.54) is 12.7 Å². The molecule has 1 amide bonds. The van der Waals surface area contributed by atoms with Crippen LogP contribution in [0.3, 0.4) is 0 Å². The second-order valence-corrected chi connectivity index (χ2v) is 6.25. The number of rotatable bonds is 7. The molecule has 23 heavy (non-hydrogen) atoms. The first-order chi connectivity index (χ1) is 11.0. The lowest BCUT2D eigenvalue weighted by Gasteiger charge is -2.23. The number of nitrogens with zero attached hydrogens (tertiary/aromatic N) is 1. The first-order valence-corrected chi connectivity index (χ1v) is 8.08. The third kappa shape index (κ3) is 4.10. The van der Waals surface area contributed by atoms with E-state index in [4.69, 9.17) is 4.74 Å². The van der Waals surface area contributed by atoms with Crippen molar-refractivity contribution in [2.75, 3.05) is 26.8 Å². The van der Waals surface area contributed by atoms with Crippen molar-refractivity contribution in [1.82, 2.24) is 4.90 Å². The van der Waals surface area contributed by atoms with Gasteiger partial charge < -0.3 is 14.7 Å². The molecule has 1 aliphatic heterocycles. The summed E-state index contributed by atoms with van der Waals surface area (Å²) in [5, 5.41) is 9.43. The highest BCUT2D eigenvalue weighted by Gasteiger charge is 2.46. The highest BCUT2D eigenvalue weighted by Crippen LogP contribution is 2.31. The number of aryl methyl sites for hydroxylation is 2. The Morgan fingerprint density at radius 1 is 1.26 bits per heavy atom. The molecule has 1 saturated heterocycles. The van der Waals surface area contributed by atoms with Gasteiger partial charge in [0.05, 0.1) is 6.61 Å². The molecule has 0 bridgehead atoms. The number of carboxylic acid groups (broad SMARTS) is 1. The minimum absolute atomic E-state index is 0.0174. The zero-order valence-corrected chi connectivity index (χ0v) is 13.9. The lowest BCUT2D eigenvalue weighted by Crippen LogP contribution is -2.40. The highest BCUT2D eigenvalue weighted by atomic mass is 16.5. The molecular weight excluding hydrogens is 294 g/mol. The predicted octanol–water partition coefficient (Wildman–Crippen LogP) is 2.13. The van der Waals surface area contributed by atoms with Gasteiger partial charge >= 0.3 is 5.97 Å². The van der Waals surface area contributed by atoms with Crippen LogP contribution in [0.15, 0.2) is 24.3 Å². The molecular formula is C18H25NO4. The Morgan fingerprint density at radius 3 is 2.48 bits per heavy atom. The second kappa shape index (κ2) is 7.59. The minimum Gasteiger partial charge on any atom is -0.481 e. The Labute approximate surface area is 137 Å². The van der Waals surface area contributed by atoms with Crippen molar-refractivity contribution in [2.24, 2.45) is 5.41 Å². The van der Waals surface area contributed by atoms with Crippen LogP contribution in [0.4, 0.5) is 0 Å². The molecule has 5 heteroatoms. The lowest BCUT2D eigenvalue weighted by atomic mass is 9.88. The molecule has 126 valence electrons. The minimum atomic E-state index is -0.951. The average Bonchev–Trinajstić information content (AvgIpc) is 2.99. The molecule has 0 saturated carbocycles. The molecule has 0 aliphatic carbocycles. The number of carbonyl (C=O) groups is 2. The summed E-state index contributed by atoms with van der Waals surface area (Å²) >= 11 is 0. The van der Waals surface area contributed by atoms with Gasteiger partial charge in [-0.15, -0.1) is 0 Å². The summed E-state index contributed by atoms with van der Waals surface area (Å²) in [7, 11) is 1.50. The van der Waals surface area contributed by atoms with Gasteiger partial charge in [0, 0.05) is 26.6 Å². The van der Waals surface area contributed by atoms with Crippen LogP contribution in [-0.2, 0) is 27.2 Å². The van der Waals surface area contributed by atoms with E-state index in [2.05, 4.69) is 31.2 Å². The molecule has 1 fully saturated rings. The van der Waals surface area contributed by atoms with Crippen molar-refractivity contribution >= 4 is 11.9 Å². The Morgan fingerprint density at radius 2 is 1.91 bits per heavy atom. The molecule has 1 atom stereocenters. The number of ether oxygens (including phenoxy) is 1. The lowest BCUT2D eigenvalue weighted by molar-refractivity contribution is -0.151. The maximum atomic E-state index is 12.3. The van der Waals surface area contributed by atoms with Gasteiger partial charge in [0.15, 0.2) is 0 Å². The van der Waals surface area contributed by atoms with Crippen LogP contribution in [0.1, 0.15) is 30.9 Å². The second-order valence-electron chi connectivity index (χ2n) is 6.25. The number of carbonyl (C=O) groups excluding carboxylic acids is 1. The molecule has 0 radical (unpaired) electrons. The molecule has 1 aromatic carbocycles. The SMILES string of the molecule is CCc1ccc(CCC(=O)N2CCC(COC)(C(=O)O)C2)cc1. The molecule has 1 unspecified atom stereocenters. The summed E-state index contributed by atoms with van der Waals surface area (Å²) in [5.41, 5.74) is 1.47. The first kappa shape index (κ1) is 17.5. The fraction of sp³-hybridized carbons (Fsp3) is 0.556. The van der Waals surface area contributed by atoms with E-state index in [-0.39, 0.29) is 19.1 Å². The van der Waals surface area contributed by atoms with E-state index in [1.807, 2.05) is 0 Å². The largest absolute Gasteiger partial charge is 0.481 e. The normalized spacial score (nSPS) is 20.7. The van der Waals surface area contributed by atoms with Gasteiger partial charge in [-0.2, -0.15) is 0 Å².